The molecule has 0 spiro atoms. The number of ketones is 1. The molecule has 0 aliphatic carbocycles. The third kappa shape index (κ3) is 7.04. The van der Waals surface area contributed by atoms with Gasteiger partial charge in [-0.05, 0) is 44.4 Å². The lowest BCUT2D eigenvalue weighted by molar-refractivity contribution is -0.117. The Morgan fingerprint density at radius 2 is 1.94 bits per heavy atom. The molecule has 0 amide bonds. The average molecular weight is 222 g/mol. The number of unbranched alkanes of at least 4 members (excludes halogenated alkanes) is 1. The Hall–Kier alpha value is -1.31. The van der Waals surface area contributed by atoms with Crippen molar-refractivity contribution in [2.45, 2.75) is 47.0 Å². The van der Waals surface area contributed by atoms with E-state index in [0.717, 1.165) is 30.4 Å². The zero-order chi connectivity index (χ0) is 12.6. The van der Waals surface area contributed by atoms with Crippen LogP contribution in [0.1, 0.15) is 44.2 Å². The predicted molar refractivity (Wildman–Crippen MR) is 67.8 cm³/mol. The number of carbonyl (C=O) groups is 1. The molecule has 0 bridgehead atoms. The topological polar surface area (TPSA) is 37.3 Å². The van der Waals surface area contributed by atoms with E-state index in [-0.39, 0.29) is 0 Å². The molecule has 2 nitrogen and oxygen atoms in total. The predicted octanol–water partition coefficient (Wildman–Crippen LogP) is 3.77. The molecule has 0 aromatic heterocycles. The smallest absolute Gasteiger partial charge is 0.129 e. The fraction of sp³-hybridized carbons (Fsp3) is 0.500. The fourth-order valence-corrected chi connectivity index (χ4v) is 1.15. The molecule has 0 aliphatic heterocycles. The van der Waals surface area contributed by atoms with E-state index >= 15 is 0 Å². The van der Waals surface area contributed by atoms with Gasteiger partial charge in [0.1, 0.15) is 11.5 Å². The number of carbonyl (C=O) groups excluding carboxylic acids is 1. The van der Waals surface area contributed by atoms with Crippen molar-refractivity contribution in [3.8, 4) is 5.75 Å². The van der Waals surface area contributed by atoms with Crippen molar-refractivity contribution in [1.29, 1.82) is 0 Å². The summed E-state index contributed by atoms with van der Waals surface area (Å²) in [5.41, 5.74) is 2.03. The SMILES string of the molecule is CCCCC(C)=O.Cc1ccc(C)c(O)c1. The molecule has 0 radical (unpaired) electrons. The maximum absolute atomic E-state index is 10.2. The van der Waals surface area contributed by atoms with Crippen molar-refractivity contribution in [3.05, 3.63) is 29.3 Å². The van der Waals surface area contributed by atoms with Gasteiger partial charge in [-0.1, -0.05) is 25.5 Å². The van der Waals surface area contributed by atoms with Crippen LogP contribution in [0.25, 0.3) is 0 Å². The second-order valence-corrected chi connectivity index (χ2v) is 4.10. The zero-order valence-corrected chi connectivity index (χ0v) is 10.7. The number of aryl methyl sites for hydroxylation is 2. The normalized spacial score (nSPS) is 9.25. The molecule has 1 rings (SSSR count). The molecule has 0 fully saturated rings. The molecule has 2 heteroatoms. The molecule has 0 saturated heterocycles. The van der Waals surface area contributed by atoms with Crippen LogP contribution in [0.3, 0.4) is 0 Å². The van der Waals surface area contributed by atoms with Gasteiger partial charge in [-0.3, -0.25) is 0 Å². The largest absolute Gasteiger partial charge is 0.508 e. The van der Waals surface area contributed by atoms with E-state index in [2.05, 4.69) is 6.92 Å². The van der Waals surface area contributed by atoms with E-state index in [9.17, 15) is 4.79 Å². The number of aromatic hydroxyl groups is 1. The number of phenols is 1. The minimum atomic E-state index is 0.307. The van der Waals surface area contributed by atoms with Crippen LogP contribution in [-0.4, -0.2) is 10.9 Å². The van der Waals surface area contributed by atoms with Crippen LogP contribution in [0.2, 0.25) is 0 Å². The van der Waals surface area contributed by atoms with Crippen molar-refractivity contribution in [2.75, 3.05) is 0 Å². The zero-order valence-electron chi connectivity index (χ0n) is 10.7. The van der Waals surface area contributed by atoms with E-state index in [1.807, 2.05) is 26.0 Å². The molecule has 0 unspecified atom stereocenters. The molecule has 0 aliphatic rings. The average Bonchev–Trinajstić information content (AvgIpc) is 2.22. The Kier molecular flexibility index (Phi) is 7.27. The van der Waals surface area contributed by atoms with Crippen LogP contribution in [-0.2, 0) is 4.79 Å². The van der Waals surface area contributed by atoms with Gasteiger partial charge in [0.2, 0.25) is 0 Å². The van der Waals surface area contributed by atoms with Gasteiger partial charge in [0.25, 0.3) is 0 Å². The van der Waals surface area contributed by atoms with E-state index in [1.165, 1.54) is 0 Å². The fourth-order valence-electron chi connectivity index (χ4n) is 1.15. The van der Waals surface area contributed by atoms with Gasteiger partial charge in [0.15, 0.2) is 0 Å². The van der Waals surface area contributed by atoms with Crippen LogP contribution in [0.15, 0.2) is 18.2 Å². The van der Waals surface area contributed by atoms with Crippen LogP contribution in [0.4, 0.5) is 0 Å². The number of rotatable bonds is 3. The molecule has 1 aromatic carbocycles. The minimum absolute atomic E-state index is 0.307. The maximum Gasteiger partial charge on any atom is 0.129 e. The molecule has 0 saturated carbocycles. The van der Waals surface area contributed by atoms with E-state index < -0.39 is 0 Å². The van der Waals surface area contributed by atoms with Crippen molar-refractivity contribution in [3.63, 3.8) is 0 Å². The lowest BCUT2D eigenvalue weighted by Crippen LogP contribution is -1.86. The van der Waals surface area contributed by atoms with Gasteiger partial charge in [-0.15, -0.1) is 0 Å². The van der Waals surface area contributed by atoms with E-state index in [0.29, 0.717) is 11.5 Å². The number of benzene rings is 1. The molecule has 1 N–H and O–H groups in total. The van der Waals surface area contributed by atoms with Gasteiger partial charge in [-0.25, -0.2) is 0 Å². The third-order valence-corrected chi connectivity index (χ3v) is 2.25. The first-order valence-electron chi connectivity index (χ1n) is 5.73. The highest BCUT2D eigenvalue weighted by molar-refractivity contribution is 5.75. The lowest BCUT2D eigenvalue weighted by Gasteiger charge is -1.97. The highest BCUT2D eigenvalue weighted by Gasteiger charge is 1.91. The van der Waals surface area contributed by atoms with Gasteiger partial charge >= 0.3 is 0 Å². The summed E-state index contributed by atoms with van der Waals surface area (Å²) in [4.78, 5) is 10.2. The molecular weight excluding hydrogens is 200 g/mol. The maximum atomic E-state index is 10.2. The first kappa shape index (κ1) is 14.7. The van der Waals surface area contributed by atoms with Crippen LogP contribution in [0, 0.1) is 13.8 Å². The Bertz CT molecular complexity index is 330. The summed E-state index contributed by atoms with van der Waals surface area (Å²) in [5.74, 6) is 0.692. The third-order valence-electron chi connectivity index (χ3n) is 2.25. The van der Waals surface area contributed by atoms with Gasteiger partial charge in [0, 0.05) is 6.42 Å². The highest BCUT2D eigenvalue weighted by atomic mass is 16.3. The number of hydrogen-bond acceptors (Lipinski definition) is 2. The molecule has 16 heavy (non-hydrogen) atoms. The standard InChI is InChI=1S/C8H10O.C6H12O/c1-6-3-4-7(2)8(9)5-6;1-3-4-5-6(2)7/h3-5,9H,1-2H3;3-5H2,1-2H3. The van der Waals surface area contributed by atoms with Crippen molar-refractivity contribution >= 4 is 5.78 Å². The Morgan fingerprint density at radius 1 is 1.31 bits per heavy atom. The molecular formula is C14H22O2. The van der Waals surface area contributed by atoms with E-state index in [1.54, 1.807) is 13.0 Å². The van der Waals surface area contributed by atoms with Crippen molar-refractivity contribution < 1.29 is 9.90 Å². The van der Waals surface area contributed by atoms with Crippen LogP contribution < -0.4 is 0 Å². The summed E-state index contributed by atoms with van der Waals surface area (Å²) in [6, 6.07) is 5.65. The lowest BCUT2D eigenvalue weighted by atomic mass is 10.1. The van der Waals surface area contributed by atoms with Crippen LogP contribution >= 0.6 is 0 Å². The van der Waals surface area contributed by atoms with Crippen molar-refractivity contribution in [2.24, 2.45) is 0 Å². The first-order valence-corrected chi connectivity index (χ1v) is 5.73. The summed E-state index contributed by atoms with van der Waals surface area (Å²) in [6.07, 6.45) is 2.94. The molecule has 90 valence electrons. The number of hydrogen-bond donors (Lipinski definition) is 1. The molecule has 0 atom stereocenters. The Balaban J connectivity index is 0.000000293. The Morgan fingerprint density at radius 3 is 2.25 bits per heavy atom. The van der Waals surface area contributed by atoms with E-state index in [4.69, 9.17) is 5.11 Å². The van der Waals surface area contributed by atoms with Gasteiger partial charge in [-0.2, -0.15) is 0 Å². The summed E-state index contributed by atoms with van der Waals surface area (Å²) >= 11 is 0. The number of phenolic OH excluding ortho intramolecular Hbond substituents is 1. The van der Waals surface area contributed by atoms with Gasteiger partial charge < -0.3 is 9.90 Å². The summed E-state index contributed by atoms with van der Waals surface area (Å²) in [7, 11) is 0. The second-order valence-electron chi connectivity index (χ2n) is 4.10. The van der Waals surface area contributed by atoms with Gasteiger partial charge in [0.05, 0.1) is 0 Å². The number of Topliss-reactive ketones (excluding diaryl/α,β-unsaturated/α-hetero) is 1. The van der Waals surface area contributed by atoms with Crippen LogP contribution in [0.5, 0.6) is 5.75 Å². The molecule has 0 heterocycles. The minimum Gasteiger partial charge on any atom is -0.508 e. The first-order chi connectivity index (χ1) is 7.47. The summed E-state index contributed by atoms with van der Waals surface area (Å²) < 4.78 is 0. The summed E-state index contributed by atoms with van der Waals surface area (Å²) in [6.45, 7) is 7.56. The monoisotopic (exact) mass is 222 g/mol. The second kappa shape index (κ2) is 7.91. The quantitative estimate of drug-likeness (QED) is 0.845. The van der Waals surface area contributed by atoms with Crippen molar-refractivity contribution in [1.82, 2.24) is 0 Å². The highest BCUT2D eigenvalue weighted by Crippen LogP contribution is 2.15. The summed E-state index contributed by atoms with van der Waals surface area (Å²) in [5, 5.41) is 9.10. The Labute approximate surface area is 98.3 Å². The molecule has 1 aromatic rings.